The second-order valence-corrected chi connectivity index (χ2v) is 11.4. The van der Waals surface area contributed by atoms with Crippen molar-refractivity contribution >= 4 is 0 Å². The molecule has 2 fully saturated rings. The molecule has 0 radical (unpaired) electrons. The van der Waals surface area contributed by atoms with Gasteiger partial charge in [0.2, 0.25) is 0 Å². The average molecular weight is 577 g/mol. The normalized spacial score (nSPS) is 35.0. The summed E-state index contributed by atoms with van der Waals surface area (Å²) in [6.07, 6.45) is 10.2. The first-order valence-corrected chi connectivity index (χ1v) is 15.5. The van der Waals surface area contributed by atoms with Crippen molar-refractivity contribution in [1.82, 2.24) is 0 Å². The van der Waals surface area contributed by atoms with E-state index in [9.17, 15) is 30.6 Å². The number of allylic oxidation sites excluding steroid dienone is 2. The average Bonchev–Trinajstić information content (AvgIpc) is 2.94. The molecule has 10 atom stereocenters. The lowest BCUT2D eigenvalue weighted by atomic mass is 10.00. The molecule has 40 heavy (non-hydrogen) atoms. The zero-order valence-electron chi connectivity index (χ0n) is 24.6. The van der Waals surface area contributed by atoms with Crippen molar-refractivity contribution in [1.29, 1.82) is 0 Å². The fraction of sp³-hybridized carbons (Fsp3) is 0.933. The van der Waals surface area contributed by atoms with Gasteiger partial charge in [0.15, 0.2) is 12.6 Å². The lowest BCUT2D eigenvalue weighted by Crippen LogP contribution is -2.57. The van der Waals surface area contributed by atoms with Gasteiger partial charge in [0.1, 0.15) is 36.6 Å². The maximum Gasteiger partial charge on any atom is 0.186 e. The zero-order valence-corrected chi connectivity index (χ0v) is 24.6. The van der Waals surface area contributed by atoms with E-state index in [0.717, 1.165) is 51.4 Å². The zero-order chi connectivity index (χ0) is 29.3. The van der Waals surface area contributed by atoms with E-state index >= 15 is 0 Å². The molecule has 0 bridgehead atoms. The SMILES string of the molecule is C[C@@H]1O[C@@H](OCCCCCCCC/C=C/CCCCCCCCO[C@@H]2O[C@@H](C)[C@H](O)[C@@H](O)[C@H]2O)[C@H](O)[C@H](O)[C@H]1O. The molecule has 0 amide bonds. The minimum atomic E-state index is -1.25. The molecule has 10 nitrogen and oxygen atoms in total. The molecule has 0 spiro atoms. The van der Waals surface area contributed by atoms with Gasteiger partial charge in [0.25, 0.3) is 0 Å². The topological polar surface area (TPSA) is 158 Å². The maximum atomic E-state index is 9.95. The van der Waals surface area contributed by atoms with E-state index in [1.807, 2.05) is 0 Å². The van der Waals surface area contributed by atoms with Gasteiger partial charge in [-0.15, -0.1) is 0 Å². The number of rotatable bonds is 20. The number of aliphatic hydroxyl groups excluding tert-OH is 6. The van der Waals surface area contributed by atoms with Gasteiger partial charge in [0, 0.05) is 13.2 Å². The van der Waals surface area contributed by atoms with Crippen LogP contribution in [0.25, 0.3) is 0 Å². The molecule has 0 aliphatic carbocycles. The van der Waals surface area contributed by atoms with Crippen LogP contribution < -0.4 is 0 Å². The van der Waals surface area contributed by atoms with Crippen LogP contribution >= 0.6 is 0 Å². The fourth-order valence-corrected chi connectivity index (χ4v) is 5.08. The van der Waals surface area contributed by atoms with Crippen LogP contribution in [0.1, 0.15) is 104 Å². The van der Waals surface area contributed by atoms with Crippen molar-refractivity contribution in [3.05, 3.63) is 12.2 Å². The Labute approximate surface area is 240 Å². The minimum Gasteiger partial charge on any atom is -0.388 e. The molecule has 2 aliphatic heterocycles. The van der Waals surface area contributed by atoms with Gasteiger partial charge < -0.3 is 49.6 Å². The van der Waals surface area contributed by atoms with E-state index < -0.39 is 61.4 Å². The van der Waals surface area contributed by atoms with Crippen LogP contribution in [0.5, 0.6) is 0 Å². The van der Waals surface area contributed by atoms with E-state index in [1.54, 1.807) is 13.8 Å². The fourth-order valence-electron chi connectivity index (χ4n) is 5.08. The monoisotopic (exact) mass is 576 g/mol. The molecule has 2 heterocycles. The second kappa shape index (κ2) is 20.3. The van der Waals surface area contributed by atoms with Crippen molar-refractivity contribution in [2.75, 3.05) is 13.2 Å². The van der Waals surface area contributed by atoms with Crippen LogP contribution in [0, 0.1) is 0 Å². The molecule has 0 aromatic carbocycles. The Bertz CT molecular complexity index is 610. The summed E-state index contributed by atoms with van der Waals surface area (Å²) >= 11 is 0. The Kier molecular flexibility index (Phi) is 18.0. The summed E-state index contributed by atoms with van der Waals surface area (Å²) in [4.78, 5) is 0. The van der Waals surface area contributed by atoms with Gasteiger partial charge in [-0.1, -0.05) is 63.5 Å². The highest BCUT2D eigenvalue weighted by atomic mass is 16.7. The quantitative estimate of drug-likeness (QED) is 0.0940. The van der Waals surface area contributed by atoms with Gasteiger partial charge >= 0.3 is 0 Å². The largest absolute Gasteiger partial charge is 0.388 e. The Morgan fingerprint density at radius 1 is 0.450 bits per heavy atom. The summed E-state index contributed by atoms with van der Waals surface area (Å²) in [5.41, 5.74) is 0. The van der Waals surface area contributed by atoms with E-state index in [2.05, 4.69) is 12.2 Å². The predicted molar refractivity (Wildman–Crippen MR) is 150 cm³/mol. The molecule has 0 aromatic rings. The van der Waals surface area contributed by atoms with Crippen molar-refractivity contribution in [3.8, 4) is 0 Å². The molecule has 236 valence electrons. The number of unbranched alkanes of at least 4 members (excludes halogenated alkanes) is 12. The number of hydrogen-bond acceptors (Lipinski definition) is 10. The third kappa shape index (κ3) is 12.7. The number of aliphatic hydroxyl groups is 6. The smallest absolute Gasteiger partial charge is 0.186 e. The number of ether oxygens (including phenoxy) is 4. The molecular formula is C30H56O10. The van der Waals surface area contributed by atoms with E-state index in [1.165, 1.54) is 38.5 Å². The summed E-state index contributed by atoms with van der Waals surface area (Å²) in [6, 6.07) is 0. The van der Waals surface area contributed by atoms with Crippen LogP contribution in [-0.4, -0.2) is 105 Å². The van der Waals surface area contributed by atoms with Gasteiger partial charge in [-0.2, -0.15) is 0 Å². The molecule has 2 aliphatic rings. The molecule has 2 saturated heterocycles. The first-order valence-electron chi connectivity index (χ1n) is 15.5. The third-order valence-corrected chi connectivity index (χ3v) is 7.88. The Morgan fingerprint density at radius 3 is 1.15 bits per heavy atom. The molecule has 2 rings (SSSR count). The van der Waals surface area contributed by atoms with Crippen LogP contribution in [-0.2, 0) is 18.9 Å². The Hall–Kier alpha value is -0.660. The summed E-state index contributed by atoms with van der Waals surface area (Å²) < 4.78 is 22.0. The second-order valence-electron chi connectivity index (χ2n) is 11.4. The van der Waals surface area contributed by atoms with E-state index in [-0.39, 0.29) is 0 Å². The van der Waals surface area contributed by atoms with Crippen LogP contribution in [0.3, 0.4) is 0 Å². The predicted octanol–water partition coefficient (Wildman–Crippen LogP) is 2.69. The first kappa shape index (κ1) is 35.5. The van der Waals surface area contributed by atoms with Crippen LogP contribution in [0.15, 0.2) is 12.2 Å². The Morgan fingerprint density at radius 2 is 0.775 bits per heavy atom. The summed E-state index contributed by atoms with van der Waals surface area (Å²) in [7, 11) is 0. The van der Waals surface area contributed by atoms with Crippen molar-refractivity contribution in [2.45, 2.75) is 165 Å². The van der Waals surface area contributed by atoms with Gasteiger partial charge in [-0.3, -0.25) is 0 Å². The van der Waals surface area contributed by atoms with Crippen molar-refractivity contribution < 1.29 is 49.6 Å². The van der Waals surface area contributed by atoms with Crippen LogP contribution in [0.4, 0.5) is 0 Å². The summed E-state index contributed by atoms with van der Waals surface area (Å²) in [5, 5.41) is 58.9. The molecule has 0 aromatic heterocycles. The molecule has 0 unspecified atom stereocenters. The van der Waals surface area contributed by atoms with E-state index in [4.69, 9.17) is 18.9 Å². The standard InChI is InChI=1S/C30H56O10/c1-21-23(31)25(33)27(35)29(39-21)37-19-17-15-13-11-9-7-5-3-4-6-8-10-12-14-16-18-20-38-30-28(36)26(34)24(32)22(2)40-30/h3-4,21-36H,5-20H2,1-2H3/b4-3+/t21-,22-,23-,24-,25+,26+,27+,28+,29+,30+/m0/s1. The van der Waals surface area contributed by atoms with Crippen molar-refractivity contribution in [3.63, 3.8) is 0 Å². The van der Waals surface area contributed by atoms with Crippen LogP contribution in [0.2, 0.25) is 0 Å². The van der Waals surface area contributed by atoms with Gasteiger partial charge in [-0.25, -0.2) is 0 Å². The summed E-state index contributed by atoms with van der Waals surface area (Å²) in [5.74, 6) is 0. The lowest BCUT2D eigenvalue weighted by Gasteiger charge is -2.38. The highest BCUT2D eigenvalue weighted by Gasteiger charge is 2.43. The van der Waals surface area contributed by atoms with Gasteiger partial charge in [0.05, 0.1) is 12.2 Å². The highest BCUT2D eigenvalue weighted by Crippen LogP contribution is 2.23. The first-order chi connectivity index (χ1) is 19.2. The van der Waals surface area contributed by atoms with Gasteiger partial charge in [-0.05, 0) is 52.4 Å². The molecular weight excluding hydrogens is 520 g/mol. The third-order valence-electron chi connectivity index (χ3n) is 7.88. The summed E-state index contributed by atoms with van der Waals surface area (Å²) in [6.45, 7) is 4.23. The lowest BCUT2D eigenvalue weighted by molar-refractivity contribution is -0.293. The van der Waals surface area contributed by atoms with Crippen molar-refractivity contribution in [2.24, 2.45) is 0 Å². The number of hydrogen-bond donors (Lipinski definition) is 6. The highest BCUT2D eigenvalue weighted by molar-refractivity contribution is 4.88. The van der Waals surface area contributed by atoms with E-state index in [0.29, 0.717) is 13.2 Å². The maximum absolute atomic E-state index is 9.95. The Balaban J connectivity index is 1.30. The molecule has 10 heteroatoms. The molecule has 0 saturated carbocycles. The molecule has 6 N–H and O–H groups in total. The minimum absolute atomic E-state index is 0.465.